The molecule has 0 amide bonds. The zero-order valence-electron chi connectivity index (χ0n) is 9.49. The molecular formula is C12H14ClFO3. The third-order valence-electron chi connectivity index (χ3n) is 2.67. The SMILES string of the molecule is COc1ccc(C(Cl)C2COCCO2)c(F)c1. The number of methoxy groups -OCH3 is 1. The number of rotatable bonds is 3. The summed E-state index contributed by atoms with van der Waals surface area (Å²) in [6.07, 6.45) is -0.312. The van der Waals surface area contributed by atoms with Crippen LogP contribution in [0.1, 0.15) is 10.9 Å². The molecule has 94 valence electrons. The molecule has 1 aliphatic rings. The predicted molar refractivity (Wildman–Crippen MR) is 62.1 cm³/mol. The van der Waals surface area contributed by atoms with Crippen molar-refractivity contribution in [1.82, 2.24) is 0 Å². The number of hydrogen-bond acceptors (Lipinski definition) is 3. The van der Waals surface area contributed by atoms with Crippen LogP contribution in [-0.4, -0.2) is 33.0 Å². The Labute approximate surface area is 104 Å². The number of benzene rings is 1. The second-order valence-corrected chi connectivity index (χ2v) is 4.24. The second kappa shape index (κ2) is 5.67. The lowest BCUT2D eigenvalue weighted by Crippen LogP contribution is -2.32. The van der Waals surface area contributed by atoms with E-state index in [1.807, 2.05) is 0 Å². The van der Waals surface area contributed by atoms with Crippen LogP contribution in [0.2, 0.25) is 0 Å². The molecule has 2 unspecified atom stereocenters. The van der Waals surface area contributed by atoms with E-state index in [0.717, 1.165) is 0 Å². The molecule has 0 bridgehead atoms. The molecule has 1 saturated heterocycles. The van der Waals surface area contributed by atoms with E-state index in [0.29, 0.717) is 31.1 Å². The monoisotopic (exact) mass is 260 g/mol. The van der Waals surface area contributed by atoms with Crippen molar-refractivity contribution in [2.45, 2.75) is 11.5 Å². The van der Waals surface area contributed by atoms with E-state index in [2.05, 4.69) is 0 Å². The van der Waals surface area contributed by atoms with Gasteiger partial charge in [0.25, 0.3) is 0 Å². The molecule has 3 nitrogen and oxygen atoms in total. The Kier molecular flexibility index (Phi) is 4.20. The molecule has 1 fully saturated rings. The van der Waals surface area contributed by atoms with Gasteiger partial charge < -0.3 is 14.2 Å². The zero-order chi connectivity index (χ0) is 12.3. The number of halogens is 2. The molecule has 0 radical (unpaired) electrons. The summed E-state index contributed by atoms with van der Waals surface area (Å²) in [7, 11) is 1.49. The van der Waals surface area contributed by atoms with Crippen molar-refractivity contribution in [2.75, 3.05) is 26.9 Å². The highest BCUT2D eigenvalue weighted by Gasteiger charge is 2.27. The molecule has 1 aromatic carbocycles. The van der Waals surface area contributed by atoms with Crippen molar-refractivity contribution in [3.05, 3.63) is 29.6 Å². The molecule has 17 heavy (non-hydrogen) atoms. The van der Waals surface area contributed by atoms with Gasteiger partial charge in [0.05, 0.1) is 32.3 Å². The third-order valence-corrected chi connectivity index (χ3v) is 3.19. The normalized spacial score (nSPS) is 22.2. The molecule has 0 aliphatic carbocycles. The Morgan fingerprint density at radius 3 is 2.88 bits per heavy atom. The van der Waals surface area contributed by atoms with Gasteiger partial charge in [-0.3, -0.25) is 0 Å². The lowest BCUT2D eigenvalue weighted by Gasteiger charge is -2.27. The molecule has 2 rings (SSSR count). The van der Waals surface area contributed by atoms with Crippen LogP contribution in [0, 0.1) is 5.82 Å². The molecule has 0 N–H and O–H groups in total. The van der Waals surface area contributed by atoms with Crippen molar-refractivity contribution >= 4 is 11.6 Å². The van der Waals surface area contributed by atoms with Gasteiger partial charge in [-0.2, -0.15) is 0 Å². The summed E-state index contributed by atoms with van der Waals surface area (Å²) in [6.45, 7) is 1.44. The maximum atomic E-state index is 13.8. The lowest BCUT2D eigenvalue weighted by molar-refractivity contribution is -0.0894. The first-order valence-corrected chi connectivity index (χ1v) is 5.83. The topological polar surface area (TPSA) is 27.7 Å². The van der Waals surface area contributed by atoms with Gasteiger partial charge in [0, 0.05) is 11.6 Å². The maximum Gasteiger partial charge on any atom is 0.131 e. The first kappa shape index (κ1) is 12.6. The van der Waals surface area contributed by atoms with Gasteiger partial charge in [-0.05, 0) is 6.07 Å². The van der Waals surface area contributed by atoms with E-state index in [4.69, 9.17) is 25.8 Å². The highest BCUT2D eigenvalue weighted by atomic mass is 35.5. The largest absolute Gasteiger partial charge is 0.497 e. The molecule has 1 aliphatic heterocycles. The fourth-order valence-electron chi connectivity index (χ4n) is 1.73. The van der Waals surface area contributed by atoms with E-state index in [1.165, 1.54) is 13.2 Å². The highest BCUT2D eigenvalue weighted by Crippen LogP contribution is 2.31. The second-order valence-electron chi connectivity index (χ2n) is 3.77. The zero-order valence-corrected chi connectivity index (χ0v) is 10.2. The summed E-state index contributed by atoms with van der Waals surface area (Å²) < 4.78 is 29.4. The van der Waals surface area contributed by atoms with Crippen LogP contribution in [0.15, 0.2) is 18.2 Å². The highest BCUT2D eigenvalue weighted by molar-refractivity contribution is 6.21. The minimum Gasteiger partial charge on any atom is -0.497 e. The number of alkyl halides is 1. The molecule has 2 atom stereocenters. The van der Waals surface area contributed by atoms with Crippen molar-refractivity contribution in [3.8, 4) is 5.75 Å². The van der Waals surface area contributed by atoms with E-state index in [-0.39, 0.29) is 6.10 Å². The fraction of sp³-hybridized carbons (Fsp3) is 0.500. The van der Waals surface area contributed by atoms with Crippen LogP contribution in [0.5, 0.6) is 5.75 Å². The summed E-state index contributed by atoms with van der Waals surface area (Å²) in [4.78, 5) is 0. The van der Waals surface area contributed by atoms with Gasteiger partial charge in [0.15, 0.2) is 0 Å². The molecular weight excluding hydrogens is 247 g/mol. The van der Waals surface area contributed by atoms with E-state index >= 15 is 0 Å². The van der Waals surface area contributed by atoms with Gasteiger partial charge in [0.1, 0.15) is 17.7 Å². The van der Waals surface area contributed by atoms with E-state index in [1.54, 1.807) is 12.1 Å². The Morgan fingerprint density at radius 2 is 2.29 bits per heavy atom. The average Bonchev–Trinajstić information content (AvgIpc) is 2.39. The first-order valence-electron chi connectivity index (χ1n) is 5.39. The molecule has 0 spiro atoms. The Morgan fingerprint density at radius 1 is 1.47 bits per heavy atom. The maximum absolute atomic E-state index is 13.8. The Hall–Kier alpha value is -0.840. The molecule has 1 heterocycles. The molecule has 0 aromatic heterocycles. The Balaban J connectivity index is 2.15. The quantitative estimate of drug-likeness (QED) is 0.782. The summed E-state index contributed by atoms with van der Waals surface area (Å²) in [6, 6.07) is 4.61. The third kappa shape index (κ3) is 2.89. The first-order chi connectivity index (χ1) is 8.22. The van der Waals surface area contributed by atoms with Gasteiger partial charge in [-0.25, -0.2) is 4.39 Å². The van der Waals surface area contributed by atoms with Crippen molar-refractivity contribution < 1.29 is 18.6 Å². The van der Waals surface area contributed by atoms with Crippen LogP contribution < -0.4 is 4.74 Å². The van der Waals surface area contributed by atoms with Crippen molar-refractivity contribution in [2.24, 2.45) is 0 Å². The average molecular weight is 261 g/mol. The summed E-state index contributed by atoms with van der Waals surface area (Å²) >= 11 is 6.20. The summed E-state index contributed by atoms with van der Waals surface area (Å²) in [5, 5.41) is -0.554. The molecule has 5 heteroatoms. The lowest BCUT2D eigenvalue weighted by atomic mass is 10.1. The minimum absolute atomic E-state index is 0.312. The van der Waals surface area contributed by atoms with Gasteiger partial charge >= 0.3 is 0 Å². The minimum atomic E-state index is -0.554. The van der Waals surface area contributed by atoms with Crippen molar-refractivity contribution in [3.63, 3.8) is 0 Å². The van der Waals surface area contributed by atoms with Gasteiger partial charge in [-0.15, -0.1) is 11.6 Å². The smallest absolute Gasteiger partial charge is 0.131 e. The van der Waals surface area contributed by atoms with Crippen molar-refractivity contribution in [1.29, 1.82) is 0 Å². The number of hydrogen-bond donors (Lipinski definition) is 0. The van der Waals surface area contributed by atoms with Crippen LogP contribution in [0.25, 0.3) is 0 Å². The molecule has 0 saturated carbocycles. The Bertz CT molecular complexity index is 380. The van der Waals surface area contributed by atoms with E-state index in [9.17, 15) is 4.39 Å². The predicted octanol–water partition coefficient (Wildman–Crippen LogP) is 2.53. The fourth-order valence-corrected chi connectivity index (χ4v) is 2.06. The van der Waals surface area contributed by atoms with E-state index < -0.39 is 11.2 Å². The van der Waals surface area contributed by atoms with Crippen LogP contribution in [0.4, 0.5) is 4.39 Å². The van der Waals surface area contributed by atoms with Gasteiger partial charge in [-0.1, -0.05) is 6.07 Å². The van der Waals surface area contributed by atoms with Crippen LogP contribution in [-0.2, 0) is 9.47 Å². The molecule has 1 aromatic rings. The van der Waals surface area contributed by atoms with Crippen LogP contribution in [0.3, 0.4) is 0 Å². The number of ether oxygens (including phenoxy) is 3. The summed E-state index contributed by atoms with van der Waals surface area (Å²) in [5.41, 5.74) is 0.406. The van der Waals surface area contributed by atoms with Crippen LogP contribution >= 0.6 is 11.6 Å². The standard InChI is InChI=1S/C12H14ClFO3/c1-15-8-2-3-9(10(14)6-8)12(13)11-7-16-4-5-17-11/h2-3,6,11-12H,4-5,7H2,1H3. The summed E-state index contributed by atoms with van der Waals surface area (Å²) in [5.74, 6) is 0.0782. The van der Waals surface area contributed by atoms with Gasteiger partial charge in [0.2, 0.25) is 0 Å².